The van der Waals surface area contributed by atoms with E-state index in [0.717, 1.165) is 6.42 Å². The van der Waals surface area contributed by atoms with Crippen molar-refractivity contribution in [3.05, 3.63) is 108 Å². The molecule has 2 fully saturated rings. The maximum absolute atomic E-state index is 10.5. The Hall–Kier alpha value is -2.42. The van der Waals surface area contributed by atoms with Gasteiger partial charge in [0.2, 0.25) is 0 Å². The van der Waals surface area contributed by atoms with Gasteiger partial charge in [-0.2, -0.15) is 0 Å². The number of rotatable bonds is 5. The molecule has 29 heavy (non-hydrogen) atoms. The lowest BCUT2D eigenvalue weighted by atomic mass is 9.74. The van der Waals surface area contributed by atoms with Crippen LogP contribution in [0.3, 0.4) is 0 Å². The van der Waals surface area contributed by atoms with E-state index in [0.29, 0.717) is 12.0 Å². The average molecular weight is 384 g/mol. The molecule has 1 N–H and O–H groups in total. The molecule has 0 radical (unpaired) electrons. The van der Waals surface area contributed by atoms with Crippen molar-refractivity contribution in [2.45, 2.75) is 43.3 Å². The van der Waals surface area contributed by atoms with Gasteiger partial charge in [0, 0.05) is 12.1 Å². The van der Waals surface area contributed by atoms with Gasteiger partial charge in [-0.05, 0) is 41.9 Å². The molecule has 1 heterocycles. The Bertz CT molecular complexity index is 828. The first-order valence-electron chi connectivity index (χ1n) is 10.9. The molecular weight excluding hydrogens is 354 g/mol. The number of benzene rings is 3. The molecule has 1 aliphatic heterocycles. The van der Waals surface area contributed by atoms with Gasteiger partial charge in [-0.3, -0.25) is 4.90 Å². The first-order valence-corrected chi connectivity index (χ1v) is 10.9. The summed E-state index contributed by atoms with van der Waals surface area (Å²) in [6.07, 6.45) is 4.88. The standard InChI is InChI=1S/C27H29NO/c29-20-25-19-21-11-10-18-26(21)28(25)27(22-12-4-1-5-13-22,23-14-6-2-7-15-23)24-16-8-3-9-17-24/h1-9,12-17,21,25-26,29H,10-11,18-20H2/t21-,25-,26-/m0/s1. The van der Waals surface area contributed by atoms with Gasteiger partial charge < -0.3 is 5.11 Å². The molecule has 1 saturated carbocycles. The van der Waals surface area contributed by atoms with Gasteiger partial charge in [0.05, 0.1) is 12.1 Å². The maximum atomic E-state index is 10.5. The molecule has 2 aliphatic rings. The molecule has 1 aliphatic carbocycles. The van der Waals surface area contributed by atoms with E-state index in [1.54, 1.807) is 0 Å². The molecule has 3 aromatic rings. The summed E-state index contributed by atoms with van der Waals surface area (Å²) in [6, 6.07) is 33.4. The molecule has 3 atom stereocenters. The zero-order valence-corrected chi connectivity index (χ0v) is 16.8. The van der Waals surface area contributed by atoms with Crippen LogP contribution in [0.4, 0.5) is 0 Å². The van der Waals surface area contributed by atoms with E-state index in [4.69, 9.17) is 0 Å². The van der Waals surface area contributed by atoms with E-state index in [1.165, 1.54) is 36.0 Å². The Balaban J connectivity index is 1.83. The van der Waals surface area contributed by atoms with E-state index in [2.05, 4.69) is 95.9 Å². The van der Waals surface area contributed by atoms with E-state index >= 15 is 0 Å². The predicted molar refractivity (Wildman–Crippen MR) is 118 cm³/mol. The van der Waals surface area contributed by atoms with Crippen LogP contribution in [0.2, 0.25) is 0 Å². The fourth-order valence-corrected chi connectivity index (χ4v) is 6.06. The number of nitrogens with zero attached hydrogens (tertiary/aromatic N) is 1. The van der Waals surface area contributed by atoms with Crippen molar-refractivity contribution in [3.63, 3.8) is 0 Å². The fraction of sp³-hybridized carbons (Fsp3) is 0.333. The number of likely N-dealkylation sites (tertiary alicyclic amines) is 1. The van der Waals surface area contributed by atoms with Crippen LogP contribution in [0.15, 0.2) is 91.0 Å². The Labute approximate surface area is 173 Å². The summed E-state index contributed by atoms with van der Waals surface area (Å²) in [5.74, 6) is 0.683. The van der Waals surface area contributed by atoms with Crippen molar-refractivity contribution >= 4 is 0 Å². The summed E-state index contributed by atoms with van der Waals surface area (Å²) >= 11 is 0. The molecule has 5 rings (SSSR count). The summed E-state index contributed by atoms with van der Waals surface area (Å²) in [5, 5.41) is 10.5. The minimum Gasteiger partial charge on any atom is -0.395 e. The number of fused-ring (bicyclic) bond motifs is 1. The van der Waals surface area contributed by atoms with Gasteiger partial charge in [-0.15, -0.1) is 0 Å². The zero-order chi connectivity index (χ0) is 19.7. The highest BCUT2D eigenvalue weighted by Gasteiger charge is 2.54. The molecule has 0 amide bonds. The van der Waals surface area contributed by atoms with Gasteiger partial charge in [0.25, 0.3) is 0 Å². The first-order chi connectivity index (χ1) is 14.4. The quantitative estimate of drug-likeness (QED) is 0.611. The number of hydrogen-bond donors (Lipinski definition) is 1. The number of aliphatic hydroxyl groups is 1. The van der Waals surface area contributed by atoms with Crippen LogP contribution in [0, 0.1) is 5.92 Å². The highest BCUT2D eigenvalue weighted by molar-refractivity contribution is 5.50. The topological polar surface area (TPSA) is 23.5 Å². The molecule has 3 aromatic carbocycles. The Kier molecular flexibility index (Phi) is 4.99. The smallest absolute Gasteiger partial charge is 0.0978 e. The second-order valence-electron chi connectivity index (χ2n) is 8.55. The van der Waals surface area contributed by atoms with Crippen molar-refractivity contribution in [2.75, 3.05) is 6.61 Å². The lowest BCUT2D eigenvalue weighted by Crippen LogP contribution is -2.54. The second kappa shape index (κ2) is 7.78. The Morgan fingerprint density at radius 3 is 1.66 bits per heavy atom. The van der Waals surface area contributed by atoms with Gasteiger partial charge in [-0.1, -0.05) is 97.4 Å². The molecule has 0 aromatic heterocycles. The van der Waals surface area contributed by atoms with Crippen LogP contribution >= 0.6 is 0 Å². The predicted octanol–water partition coefficient (Wildman–Crippen LogP) is 5.21. The fourth-order valence-electron chi connectivity index (χ4n) is 6.06. The van der Waals surface area contributed by atoms with Crippen molar-refractivity contribution in [3.8, 4) is 0 Å². The monoisotopic (exact) mass is 383 g/mol. The van der Waals surface area contributed by atoms with Crippen LogP contribution in [0.5, 0.6) is 0 Å². The van der Waals surface area contributed by atoms with Gasteiger partial charge in [-0.25, -0.2) is 0 Å². The van der Waals surface area contributed by atoms with E-state index in [-0.39, 0.29) is 12.6 Å². The molecule has 2 nitrogen and oxygen atoms in total. The molecule has 2 heteroatoms. The number of aliphatic hydroxyl groups excluding tert-OH is 1. The maximum Gasteiger partial charge on any atom is 0.0978 e. The summed E-state index contributed by atoms with van der Waals surface area (Å²) in [4.78, 5) is 2.69. The Morgan fingerprint density at radius 1 is 0.724 bits per heavy atom. The third-order valence-electron chi connectivity index (χ3n) is 7.12. The van der Waals surface area contributed by atoms with Crippen molar-refractivity contribution in [1.29, 1.82) is 0 Å². The summed E-state index contributed by atoms with van der Waals surface area (Å²) in [5.41, 5.74) is 3.44. The van der Waals surface area contributed by atoms with Crippen molar-refractivity contribution in [1.82, 2.24) is 4.90 Å². The highest BCUT2D eigenvalue weighted by Crippen LogP contribution is 2.52. The van der Waals surface area contributed by atoms with Gasteiger partial charge in [0.15, 0.2) is 0 Å². The third kappa shape index (κ3) is 2.94. The average Bonchev–Trinajstić information content (AvgIpc) is 3.39. The third-order valence-corrected chi connectivity index (χ3v) is 7.12. The molecule has 0 unspecified atom stereocenters. The van der Waals surface area contributed by atoms with Crippen LogP contribution in [-0.2, 0) is 5.54 Å². The summed E-state index contributed by atoms with van der Waals surface area (Å²) in [7, 11) is 0. The molecule has 1 saturated heterocycles. The summed E-state index contributed by atoms with van der Waals surface area (Å²) in [6.45, 7) is 0.210. The van der Waals surface area contributed by atoms with Crippen LogP contribution in [-0.4, -0.2) is 28.7 Å². The van der Waals surface area contributed by atoms with Gasteiger partial charge >= 0.3 is 0 Å². The normalized spacial score (nSPS) is 24.5. The molecule has 0 bridgehead atoms. The van der Waals surface area contributed by atoms with E-state index in [1.807, 2.05) is 0 Å². The largest absolute Gasteiger partial charge is 0.395 e. The number of hydrogen-bond acceptors (Lipinski definition) is 2. The lowest BCUT2D eigenvalue weighted by Gasteiger charge is -2.49. The molecule has 148 valence electrons. The Morgan fingerprint density at radius 2 is 1.21 bits per heavy atom. The lowest BCUT2D eigenvalue weighted by molar-refractivity contribution is 0.0560. The van der Waals surface area contributed by atoms with Gasteiger partial charge in [0.1, 0.15) is 0 Å². The zero-order valence-electron chi connectivity index (χ0n) is 16.8. The van der Waals surface area contributed by atoms with Crippen molar-refractivity contribution < 1.29 is 5.11 Å². The summed E-state index contributed by atoms with van der Waals surface area (Å²) < 4.78 is 0. The van der Waals surface area contributed by atoms with Crippen molar-refractivity contribution in [2.24, 2.45) is 5.92 Å². The minimum atomic E-state index is -0.402. The van der Waals surface area contributed by atoms with Crippen LogP contribution < -0.4 is 0 Å². The highest BCUT2D eigenvalue weighted by atomic mass is 16.3. The molecular formula is C27H29NO. The second-order valence-corrected chi connectivity index (χ2v) is 8.55. The van der Waals surface area contributed by atoms with Crippen LogP contribution in [0.1, 0.15) is 42.4 Å². The molecule has 0 spiro atoms. The SMILES string of the molecule is OC[C@@H]1C[C@@H]2CCC[C@@H]2N1C(c1ccccc1)(c1ccccc1)c1ccccc1. The van der Waals surface area contributed by atoms with Crippen LogP contribution in [0.25, 0.3) is 0 Å². The minimum absolute atomic E-state index is 0.172. The van der Waals surface area contributed by atoms with E-state index < -0.39 is 5.54 Å². The van der Waals surface area contributed by atoms with E-state index in [9.17, 15) is 5.11 Å². The first kappa shape index (κ1) is 18.6.